The van der Waals surface area contributed by atoms with Crippen LogP contribution in [0.25, 0.3) is 0 Å². The normalized spacial score (nSPS) is 13.7. The van der Waals surface area contributed by atoms with Gasteiger partial charge >= 0.3 is 6.18 Å². The first-order chi connectivity index (χ1) is 7.83. The number of carbonyl (C=O) groups is 1. The SMILES string of the molecule is CCC(C(C)=O)c1nc(CCC(F)(F)F)no1. The van der Waals surface area contributed by atoms with Crippen molar-refractivity contribution in [1.82, 2.24) is 10.1 Å². The first-order valence-corrected chi connectivity index (χ1v) is 5.23. The molecule has 0 saturated heterocycles. The topological polar surface area (TPSA) is 56.0 Å². The summed E-state index contributed by atoms with van der Waals surface area (Å²) in [6, 6.07) is 0. The molecule has 1 atom stereocenters. The molecule has 0 saturated carbocycles. The largest absolute Gasteiger partial charge is 0.389 e. The highest BCUT2D eigenvalue weighted by Crippen LogP contribution is 2.23. The van der Waals surface area contributed by atoms with Crippen LogP contribution in [0.4, 0.5) is 13.2 Å². The molecule has 17 heavy (non-hydrogen) atoms. The molecule has 0 fully saturated rings. The third-order valence-corrected chi connectivity index (χ3v) is 2.31. The van der Waals surface area contributed by atoms with Crippen LogP contribution in [0.5, 0.6) is 0 Å². The molecule has 1 aromatic heterocycles. The van der Waals surface area contributed by atoms with E-state index < -0.39 is 18.5 Å². The Morgan fingerprint density at radius 2 is 2.12 bits per heavy atom. The first-order valence-electron chi connectivity index (χ1n) is 5.23. The van der Waals surface area contributed by atoms with Gasteiger partial charge in [0.05, 0.1) is 12.3 Å². The number of aromatic nitrogens is 2. The van der Waals surface area contributed by atoms with Gasteiger partial charge in [0.1, 0.15) is 5.78 Å². The lowest BCUT2D eigenvalue weighted by atomic mass is 10.0. The summed E-state index contributed by atoms with van der Waals surface area (Å²) in [5.41, 5.74) is 0. The summed E-state index contributed by atoms with van der Waals surface area (Å²) in [7, 11) is 0. The van der Waals surface area contributed by atoms with Gasteiger partial charge in [0.25, 0.3) is 0 Å². The van der Waals surface area contributed by atoms with Gasteiger partial charge in [0, 0.05) is 6.42 Å². The molecule has 0 aliphatic carbocycles. The molecule has 1 unspecified atom stereocenters. The molecule has 0 bridgehead atoms. The summed E-state index contributed by atoms with van der Waals surface area (Å²) < 4.78 is 40.7. The van der Waals surface area contributed by atoms with E-state index in [-0.39, 0.29) is 23.9 Å². The lowest BCUT2D eigenvalue weighted by molar-refractivity contribution is -0.134. The van der Waals surface area contributed by atoms with Crippen LogP contribution in [0.3, 0.4) is 0 Å². The molecular formula is C10H13F3N2O2. The molecule has 0 aliphatic rings. The number of carbonyl (C=O) groups excluding carboxylic acids is 1. The van der Waals surface area contributed by atoms with Crippen molar-refractivity contribution in [2.24, 2.45) is 0 Å². The molecule has 96 valence electrons. The van der Waals surface area contributed by atoms with E-state index in [4.69, 9.17) is 4.52 Å². The minimum Gasteiger partial charge on any atom is -0.339 e. The maximum absolute atomic E-state index is 12.0. The highest BCUT2D eigenvalue weighted by atomic mass is 19.4. The highest BCUT2D eigenvalue weighted by molar-refractivity contribution is 5.82. The summed E-state index contributed by atoms with van der Waals surface area (Å²) in [6.07, 6.45) is -5.09. The van der Waals surface area contributed by atoms with Crippen LogP contribution in [-0.2, 0) is 11.2 Å². The highest BCUT2D eigenvalue weighted by Gasteiger charge is 2.28. The third kappa shape index (κ3) is 4.16. The van der Waals surface area contributed by atoms with Crippen molar-refractivity contribution in [2.75, 3.05) is 0 Å². The van der Waals surface area contributed by atoms with E-state index in [1.807, 2.05) is 0 Å². The van der Waals surface area contributed by atoms with Gasteiger partial charge in [-0.2, -0.15) is 18.2 Å². The van der Waals surface area contributed by atoms with Gasteiger partial charge in [-0.1, -0.05) is 12.1 Å². The van der Waals surface area contributed by atoms with E-state index in [0.29, 0.717) is 6.42 Å². The fourth-order valence-electron chi connectivity index (χ4n) is 1.40. The molecule has 1 aromatic rings. The number of aryl methyl sites for hydroxylation is 1. The Labute approximate surface area is 96.2 Å². The Bertz CT molecular complexity index is 387. The summed E-state index contributed by atoms with van der Waals surface area (Å²) in [6.45, 7) is 3.15. The number of halogens is 3. The summed E-state index contributed by atoms with van der Waals surface area (Å²) in [5, 5.41) is 3.43. The first kappa shape index (κ1) is 13.7. The average Bonchev–Trinajstić information content (AvgIpc) is 2.63. The fraction of sp³-hybridized carbons (Fsp3) is 0.700. The predicted molar refractivity (Wildman–Crippen MR) is 52.4 cm³/mol. The Morgan fingerprint density at radius 3 is 2.59 bits per heavy atom. The number of rotatable bonds is 5. The number of alkyl halides is 3. The standard InChI is InChI=1S/C10H13F3N2O2/c1-3-7(6(2)16)9-14-8(15-17-9)4-5-10(11,12)13/h7H,3-5H2,1-2H3. The van der Waals surface area contributed by atoms with Crippen LogP contribution in [-0.4, -0.2) is 22.1 Å². The second-order valence-electron chi connectivity index (χ2n) is 3.74. The van der Waals surface area contributed by atoms with E-state index >= 15 is 0 Å². The molecule has 1 heterocycles. The third-order valence-electron chi connectivity index (χ3n) is 2.31. The summed E-state index contributed by atoms with van der Waals surface area (Å²) >= 11 is 0. The number of hydrogen-bond acceptors (Lipinski definition) is 4. The van der Waals surface area contributed by atoms with Crippen LogP contribution < -0.4 is 0 Å². The summed E-state index contributed by atoms with van der Waals surface area (Å²) in [5.74, 6) is -0.588. The Morgan fingerprint density at radius 1 is 1.47 bits per heavy atom. The number of hydrogen-bond donors (Lipinski definition) is 0. The molecule has 0 amide bonds. The van der Waals surface area contributed by atoms with Crippen molar-refractivity contribution in [3.8, 4) is 0 Å². The van der Waals surface area contributed by atoms with Gasteiger partial charge < -0.3 is 4.52 Å². The second kappa shape index (κ2) is 5.29. The second-order valence-corrected chi connectivity index (χ2v) is 3.74. The van der Waals surface area contributed by atoms with Crippen molar-refractivity contribution in [1.29, 1.82) is 0 Å². The fourth-order valence-corrected chi connectivity index (χ4v) is 1.40. The zero-order valence-electron chi connectivity index (χ0n) is 9.54. The zero-order valence-corrected chi connectivity index (χ0v) is 9.54. The zero-order chi connectivity index (χ0) is 13.1. The van der Waals surface area contributed by atoms with Gasteiger partial charge in [-0.25, -0.2) is 0 Å². The number of Topliss-reactive ketones (excluding diaryl/α,β-unsaturated/α-hetero) is 1. The van der Waals surface area contributed by atoms with Crippen molar-refractivity contribution in [3.63, 3.8) is 0 Å². The van der Waals surface area contributed by atoms with E-state index in [1.54, 1.807) is 6.92 Å². The lowest BCUT2D eigenvalue weighted by Crippen LogP contribution is -2.10. The van der Waals surface area contributed by atoms with Crippen LogP contribution in [0.2, 0.25) is 0 Å². The smallest absolute Gasteiger partial charge is 0.339 e. The Kier molecular flexibility index (Phi) is 4.25. The van der Waals surface area contributed by atoms with Crippen molar-refractivity contribution in [2.45, 2.75) is 45.2 Å². The van der Waals surface area contributed by atoms with Gasteiger partial charge in [-0.05, 0) is 13.3 Å². The van der Waals surface area contributed by atoms with Crippen molar-refractivity contribution in [3.05, 3.63) is 11.7 Å². The predicted octanol–water partition coefficient (Wildman–Crippen LogP) is 2.65. The lowest BCUT2D eigenvalue weighted by Gasteiger charge is -2.04. The molecule has 4 nitrogen and oxygen atoms in total. The summed E-state index contributed by atoms with van der Waals surface area (Å²) in [4.78, 5) is 15.0. The van der Waals surface area contributed by atoms with Crippen molar-refractivity contribution < 1.29 is 22.5 Å². The number of ketones is 1. The monoisotopic (exact) mass is 250 g/mol. The van der Waals surface area contributed by atoms with Gasteiger partial charge in [0.15, 0.2) is 5.82 Å². The molecule has 0 aromatic carbocycles. The van der Waals surface area contributed by atoms with E-state index in [2.05, 4.69) is 10.1 Å². The van der Waals surface area contributed by atoms with E-state index in [0.717, 1.165) is 0 Å². The van der Waals surface area contributed by atoms with Crippen LogP contribution >= 0.6 is 0 Å². The minimum atomic E-state index is -4.24. The van der Waals surface area contributed by atoms with Crippen molar-refractivity contribution >= 4 is 5.78 Å². The Balaban J connectivity index is 2.68. The molecule has 0 radical (unpaired) electrons. The maximum Gasteiger partial charge on any atom is 0.389 e. The molecule has 7 heteroatoms. The number of nitrogens with zero attached hydrogens (tertiary/aromatic N) is 2. The average molecular weight is 250 g/mol. The van der Waals surface area contributed by atoms with Gasteiger partial charge in [-0.15, -0.1) is 0 Å². The quantitative estimate of drug-likeness (QED) is 0.806. The van der Waals surface area contributed by atoms with E-state index in [1.165, 1.54) is 6.92 Å². The maximum atomic E-state index is 12.0. The van der Waals surface area contributed by atoms with Crippen LogP contribution in [0.15, 0.2) is 4.52 Å². The van der Waals surface area contributed by atoms with Crippen LogP contribution in [0.1, 0.15) is 44.3 Å². The van der Waals surface area contributed by atoms with Gasteiger partial charge in [0.2, 0.25) is 5.89 Å². The molecule has 0 aliphatic heterocycles. The minimum absolute atomic E-state index is 0.0166. The van der Waals surface area contributed by atoms with Gasteiger partial charge in [-0.3, -0.25) is 4.79 Å². The van der Waals surface area contributed by atoms with E-state index in [9.17, 15) is 18.0 Å². The van der Waals surface area contributed by atoms with Crippen LogP contribution in [0, 0.1) is 0 Å². The Hall–Kier alpha value is -1.40. The molecule has 1 rings (SSSR count). The molecule has 0 spiro atoms. The molecular weight excluding hydrogens is 237 g/mol. The molecule has 0 N–H and O–H groups in total.